The normalized spacial score (nSPS) is 18.2. The van der Waals surface area contributed by atoms with E-state index in [0.29, 0.717) is 23.9 Å². The SMILES string of the molecule is CNC(CCc1cccc(F)c1F)C1CCCC1. The predicted molar refractivity (Wildman–Crippen MR) is 69.5 cm³/mol. The van der Waals surface area contributed by atoms with Gasteiger partial charge in [-0.15, -0.1) is 0 Å². The standard InChI is InChI=1S/C15H21F2N/c1-18-14(11-5-2-3-6-11)10-9-12-7-4-8-13(16)15(12)17/h4,7-8,11,14,18H,2-3,5-6,9-10H2,1H3. The van der Waals surface area contributed by atoms with Crippen molar-refractivity contribution in [3.8, 4) is 0 Å². The Morgan fingerprint density at radius 3 is 2.67 bits per heavy atom. The molecule has 2 rings (SSSR count). The lowest BCUT2D eigenvalue weighted by Gasteiger charge is -2.23. The number of nitrogens with one attached hydrogen (secondary N) is 1. The van der Waals surface area contributed by atoms with Gasteiger partial charge in [-0.1, -0.05) is 25.0 Å². The minimum absolute atomic E-state index is 0.426. The van der Waals surface area contributed by atoms with Crippen LogP contribution in [0.5, 0.6) is 0 Å². The molecule has 0 spiro atoms. The van der Waals surface area contributed by atoms with Crippen molar-refractivity contribution in [2.24, 2.45) is 5.92 Å². The Labute approximate surface area is 108 Å². The zero-order valence-corrected chi connectivity index (χ0v) is 10.9. The molecule has 1 aliphatic carbocycles. The third kappa shape index (κ3) is 3.08. The van der Waals surface area contributed by atoms with Gasteiger partial charge in [0.2, 0.25) is 0 Å². The van der Waals surface area contributed by atoms with Gasteiger partial charge in [0.1, 0.15) is 0 Å². The highest BCUT2D eigenvalue weighted by atomic mass is 19.2. The van der Waals surface area contributed by atoms with Gasteiger partial charge in [-0.3, -0.25) is 0 Å². The van der Waals surface area contributed by atoms with E-state index >= 15 is 0 Å². The number of benzene rings is 1. The summed E-state index contributed by atoms with van der Waals surface area (Å²) in [6, 6.07) is 4.86. The second-order valence-corrected chi connectivity index (χ2v) is 5.19. The van der Waals surface area contributed by atoms with Gasteiger partial charge in [-0.25, -0.2) is 8.78 Å². The Kier molecular flexibility index (Phi) is 4.70. The molecule has 18 heavy (non-hydrogen) atoms. The molecule has 1 saturated carbocycles. The molecule has 0 radical (unpaired) electrons. The molecular weight excluding hydrogens is 232 g/mol. The lowest BCUT2D eigenvalue weighted by molar-refractivity contribution is 0.357. The Morgan fingerprint density at radius 2 is 2.00 bits per heavy atom. The van der Waals surface area contributed by atoms with Crippen LogP contribution in [0.3, 0.4) is 0 Å². The van der Waals surface area contributed by atoms with Gasteiger partial charge in [-0.2, -0.15) is 0 Å². The molecule has 0 amide bonds. The van der Waals surface area contributed by atoms with E-state index in [4.69, 9.17) is 0 Å². The van der Waals surface area contributed by atoms with Gasteiger partial charge in [0.15, 0.2) is 11.6 Å². The van der Waals surface area contributed by atoms with Crippen LogP contribution < -0.4 is 5.32 Å². The fourth-order valence-electron chi connectivity index (χ4n) is 3.03. The fraction of sp³-hybridized carbons (Fsp3) is 0.600. The highest BCUT2D eigenvalue weighted by molar-refractivity contribution is 5.19. The van der Waals surface area contributed by atoms with Gasteiger partial charge >= 0.3 is 0 Å². The molecular formula is C15H21F2N. The summed E-state index contributed by atoms with van der Waals surface area (Å²) in [5, 5.41) is 3.33. The molecule has 0 saturated heterocycles. The zero-order chi connectivity index (χ0) is 13.0. The fourth-order valence-corrected chi connectivity index (χ4v) is 3.03. The second-order valence-electron chi connectivity index (χ2n) is 5.19. The summed E-state index contributed by atoms with van der Waals surface area (Å²) in [7, 11) is 1.96. The lowest BCUT2D eigenvalue weighted by atomic mass is 9.92. The van der Waals surface area contributed by atoms with Crippen LogP contribution in [-0.2, 0) is 6.42 Å². The first-order valence-electron chi connectivity index (χ1n) is 6.82. The van der Waals surface area contributed by atoms with Crippen molar-refractivity contribution < 1.29 is 8.78 Å². The summed E-state index contributed by atoms with van der Waals surface area (Å²) in [6.45, 7) is 0. The highest BCUT2D eigenvalue weighted by Gasteiger charge is 2.23. The van der Waals surface area contributed by atoms with Crippen LogP contribution in [-0.4, -0.2) is 13.1 Å². The summed E-state index contributed by atoms with van der Waals surface area (Å²) in [5.41, 5.74) is 0.494. The number of aryl methyl sites for hydroxylation is 1. The van der Waals surface area contributed by atoms with Crippen LogP contribution in [0.4, 0.5) is 8.78 Å². The van der Waals surface area contributed by atoms with Gasteiger partial charge in [0.05, 0.1) is 0 Å². The topological polar surface area (TPSA) is 12.0 Å². The van der Waals surface area contributed by atoms with E-state index in [1.54, 1.807) is 12.1 Å². The first-order valence-corrected chi connectivity index (χ1v) is 6.82. The van der Waals surface area contributed by atoms with Crippen LogP contribution in [0.2, 0.25) is 0 Å². The summed E-state index contributed by atoms with van der Waals surface area (Å²) in [5.74, 6) is -0.722. The van der Waals surface area contributed by atoms with Gasteiger partial charge in [0, 0.05) is 6.04 Å². The van der Waals surface area contributed by atoms with Gasteiger partial charge in [0.25, 0.3) is 0 Å². The van der Waals surface area contributed by atoms with Gasteiger partial charge < -0.3 is 5.32 Å². The van der Waals surface area contributed by atoms with Crippen LogP contribution in [0.15, 0.2) is 18.2 Å². The third-order valence-corrected chi connectivity index (χ3v) is 4.10. The van der Waals surface area contributed by atoms with E-state index < -0.39 is 11.6 Å². The van der Waals surface area contributed by atoms with E-state index in [1.807, 2.05) is 7.05 Å². The van der Waals surface area contributed by atoms with Crippen molar-refractivity contribution in [3.63, 3.8) is 0 Å². The maximum absolute atomic E-state index is 13.5. The molecule has 0 bridgehead atoms. The Morgan fingerprint density at radius 1 is 1.28 bits per heavy atom. The van der Waals surface area contributed by atoms with E-state index in [1.165, 1.54) is 31.7 Å². The summed E-state index contributed by atoms with van der Waals surface area (Å²) < 4.78 is 26.6. The summed E-state index contributed by atoms with van der Waals surface area (Å²) >= 11 is 0. The molecule has 1 aromatic carbocycles. The van der Waals surface area contributed by atoms with Crippen molar-refractivity contribution in [2.45, 2.75) is 44.6 Å². The Bertz CT molecular complexity index is 386. The summed E-state index contributed by atoms with van der Waals surface area (Å²) in [6.07, 6.45) is 6.61. The molecule has 0 heterocycles. The number of rotatable bonds is 5. The molecule has 1 nitrogen and oxygen atoms in total. The Balaban J connectivity index is 1.94. The number of hydrogen-bond donors (Lipinski definition) is 1. The first-order chi connectivity index (χ1) is 8.72. The molecule has 100 valence electrons. The second kappa shape index (κ2) is 6.28. The Hall–Kier alpha value is -0.960. The molecule has 0 aromatic heterocycles. The number of hydrogen-bond acceptors (Lipinski definition) is 1. The van der Waals surface area contributed by atoms with Crippen LogP contribution in [0, 0.1) is 17.6 Å². The monoisotopic (exact) mass is 253 g/mol. The van der Waals surface area contributed by atoms with Crippen molar-refractivity contribution >= 4 is 0 Å². The van der Waals surface area contributed by atoms with Crippen LogP contribution in [0.1, 0.15) is 37.7 Å². The minimum Gasteiger partial charge on any atom is -0.317 e. The smallest absolute Gasteiger partial charge is 0.162 e. The molecule has 1 aromatic rings. The van der Waals surface area contributed by atoms with E-state index in [9.17, 15) is 8.78 Å². The summed E-state index contributed by atoms with van der Waals surface area (Å²) in [4.78, 5) is 0. The zero-order valence-electron chi connectivity index (χ0n) is 10.9. The molecule has 1 atom stereocenters. The maximum atomic E-state index is 13.5. The number of halogens is 2. The molecule has 0 aliphatic heterocycles. The van der Waals surface area contributed by atoms with Crippen LogP contribution >= 0.6 is 0 Å². The average molecular weight is 253 g/mol. The molecule has 1 N–H and O–H groups in total. The van der Waals surface area contributed by atoms with Gasteiger partial charge in [-0.05, 0) is 50.3 Å². The molecule has 1 fully saturated rings. The average Bonchev–Trinajstić information content (AvgIpc) is 2.89. The lowest BCUT2D eigenvalue weighted by Crippen LogP contribution is -2.32. The van der Waals surface area contributed by atoms with Crippen molar-refractivity contribution in [1.29, 1.82) is 0 Å². The largest absolute Gasteiger partial charge is 0.317 e. The van der Waals surface area contributed by atoms with E-state index in [0.717, 1.165) is 6.42 Å². The van der Waals surface area contributed by atoms with Crippen molar-refractivity contribution in [3.05, 3.63) is 35.4 Å². The molecule has 1 aliphatic rings. The first kappa shape index (κ1) is 13.5. The highest BCUT2D eigenvalue weighted by Crippen LogP contribution is 2.29. The third-order valence-electron chi connectivity index (χ3n) is 4.10. The van der Waals surface area contributed by atoms with E-state index in [2.05, 4.69) is 5.32 Å². The quantitative estimate of drug-likeness (QED) is 0.844. The maximum Gasteiger partial charge on any atom is 0.162 e. The van der Waals surface area contributed by atoms with Crippen molar-refractivity contribution in [2.75, 3.05) is 7.05 Å². The predicted octanol–water partition coefficient (Wildman–Crippen LogP) is 3.68. The van der Waals surface area contributed by atoms with Crippen LogP contribution in [0.25, 0.3) is 0 Å². The van der Waals surface area contributed by atoms with Crippen molar-refractivity contribution in [1.82, 2.24) is 5.32 Å². The van der Waals surface area contributed by atoms with E-state index in [-0.39, 0.29) is 0 Å². The minimum atomic E-state index is -0.741. The molecule has 3 heteroatoms. The molecule has 1 unspecified atom stereocenters.